The number of carboxylic acid groups (broad SMARTS) is 1. The van der Waals surface area contributed by atoms with Crippen molar-refractivity contribution >= 4 is 46.8 Å². The molecule has 0 spiro atoms. The number of fused-ring (bicyclic) bond motifs is 1. The predicted octanol–water partition coefficient (Wildman–Crippen LogP) is 8.65. The molecular formula is C39H41ClF6N4O7S. The minimum atomic E-state index is -4.94. The molecule has 6 rings (SSSR count). The fourth-order valence-corrected chi connectivity index (χ4v) is 9.21. The molecule has 3 aliphatic rings. The van der Waals surface area contributed by atoms with Gasteiger partial charge in [0.05, 0.1) is 17.6 Å². The number of thiophene rings is 1. The van der Waals surface area contributed by atoms with E-state index in [4.69, 9.17) is 26.2 Å². The van der Waals surface area contributed by atoms with Crippen molar-refractivity contribution in [2.45, 2.75) is 101 Å². The van der Waals surface area contributed by atoms with E-state index in [1.54, 1.807) is 30.0 Å². The minimum Gasteiger partial charge on any atom is -0.474 e. The monoisotopic (exact) mass is 858 g/mol. The smallest absolute Gasteiger partial charge is 0.474 e. The van der Waals surface area contributed by atoms with Crippen LogP contribution in [0.15, 0.2) is 48.0 Å². The number of carbonyl (C=O) groups is 4. The number of amides is 3. The summed E-state index contributed by atoms with van der Waals surface area (Å²) in [7, 11) is 0. The molecule has 314 valence electrons. The van der Waals surface area contributed by atoms with E-state index < -0.39 is 70.2 Å². The number of likely N-dealkylation sites (tertiary alicyclic amines) is 2. The van der Waals surface area contributed by atoms with Crippen molar-refractivity contribution in [1.29, 1.82) is 0 Å². The number of benzene rings is 1. The van der Waals surface area contributed by atoms with E-state index in [1.807, 2.05) is 0 Å². The van der Waals surface area contributed by atoms with Crippen LogP contribution in [-0.4, -0.2) is 92.6 Å². The van der Waals surface area contributed by atoms with Gasteiger partial charge in [-0.2, -0.15) is 26.3 Å². The third-order valence-corrected chi connectivity index (χ3v) is 12.1. The second-order valence-electron chi connectivity index (χ2n) is 14.5. The molecule has 58 heavy (non-hydrogen) atoms. The first-order valence-electron chi connectivity index (χ1n) is 18.9. The molecular weight excluding hydrogens is 818 g/mol. The third-order valence-electron chi connectivity index (χ3n) is 10.9. The standard InChI is InChI=1S/C39H41ClF6N4O7S/c1-2-5-30-37(57-26-21-31(58-22-26)39(44,45)46,14-4-16-50(30)34(52)33-28(38(41,42)43)6-3-15-47-33)35(53)49-19-11-23-20-24(40)7-8-27(23)29(49)9-10-32(51)48-17-12-25(13-18-48)56-36(54)55/h3,6-8,15,20-22,25,29-30H,2,4-5,9-14,16-19H2,1H3,(H,54,55)/t29-,30-,37+/m1/s1. The molecule has 0 aliphatic carbocycles. The Morgan fingerprint density at radius 1 is 0.983 bits per heavy atom. The Hall–Kier alpha value is -4.58. The molecule has 0 bridgehead atoms. The Balaban J connectivity index is 1.39. The third kappa shape index (κ3) is 9.17. The molecule has 1 aromatic carbocycles. The number of nitrogens with zero attached hydrogens (tertiary/aromatic N) is 4. The summed E-state index contributed by atoms with van der Waals surface area (Å²) in [6, 6.07) is 5.65. The topological polar surface area (TPSA) is 130 Å². The number of alkyl halides is 6. The van der Waals surface area contributed by atoms with Gasteiger partial charge < -0.3 is 29.3 Å². The highest BCUT2D eigenvalue weighted by molar-refractivity contribution is 7.10. The molecule has 5 heterocycles. The Kier molecular flexibility index (Phi) is 12.9. The van der Waals surface area contributed by atoms with Crippen LogP contribution in [0, 0.1) is 0 Å². The highest BCUT2D eigenvalue weighted by Crippen LogP contribution is 2.45. The average Bonchev–Trinajstić information content (AvgIpc) is 3.66. The second-order valence-corrected chi connectivity index (χ2v) is 15.9. The zero-order valence-electron chi connectivity index (χ0n) is 31.3. The van der Waals surface area contributed by atoms with Crippen LogP contribution in [-0.2, 0) is 33.1 Å². The van der Waals surface area contributed by atoms with E-state index in [2.05, 4.69) is 4.98 Å². The lowest BCUT2D eigenvalue weighted by Gasteiger charge is -2.51. The van der Waals surface area contributed by atoms with E-state index in [0.717, 1.165) is 40.2 Å². The summed E-state index contributed by atoms with van der Waals surface area (Å²) in [5, 5.41) is 10.5. The summed E-state index contributed by atoms with van der Waals surface area (Å²) >= 11 is 6.71. The summed E-state index contributed by atoms with van der Waals surface area (Å²) in [6.07, 6.45) is -9.30. The van der Waals surface area contributed by atoms with Gasteiger partial charge in [-0.3, -0.25) is 19.4 Å². The molecule has 3 atom stereocenters. The lowest BCUT2D eigenvalue weighted by atomic mass is 9.78. The number of rotatable bonds is 10. The number of hydrogen-bond donors (Lipinski definition) is 1. The van der Waals surface area contributed by atoms with Crippen LogP contribution in [0.3, 0.4) is 0 Å². The van der Waals surface area contributed by atoms with Gasteiger partial charge in [-0.15, -0.1) is 11.3 Å². The Morgan fingerprint density at radius 2 is 1.72 bits per heavy atom. The van der Waals surface area contributed by atoms with E-state index in [-0.39, 0.29) is 69.9 Å². The lowest BCUT2D eigenvalue weighted by Crippen LogP contribution is -2.68. The van der Waals surface area contributed by atoms with Crippen molar-refractivity contribution in [1.82, 2.24) is 19.7 Å². The van der Waals surface area contributed by atoms with Gasteiger partial charge in [0.15, 0.2) is 0 Å². The summed E-state index contributed by atoms with van der Waals surface area (Å²) < 4.78 is 95.4. The number of piperidine rings is 2. The van der Waals surface area contributed by atoms with E-state index in [9.17, 15) is 40.7 Å². The lowest BCUT2D eigenvalue weighted by molar-refractivity contribution is -0.163. The highest BCUT2D eigenvalue weighted by atomic mass is 35.5. The van der Waals surface area contributed by atoms with Crippen molar-refractivity contribution in [2.24, 2.45) is 0 Å². The first-order chi connectivity index (χ1) is 27.4. The van der Waals surface area contributed by atoms with Crippen molar-refractivity contribution < 1.29 is 60.1 Å². The van der Waals surface area contributed by atoms with E-state index >= 15 is 4.79 Å². The SMILES string of the molecule is CCC[C@H]1N(C(=O)c2ncccc2C(F)(F)F)CCC[C@@]1(Oc1csc(C(F)(F)F)c1)C(=O)N1CCc2cc(Cl)ccc2[C@H]1CCC(=O)N1CCC(OC(=O)O)CC1. The van der Waals surface area contributed by atoms with Crippen LogP contribution in [0.4, 0.5) is 31.1 Å². The second kappa shape index (κ2) is 17.3. The average molecular weight is 859 g/mol. The molecule has 3 aromatic rings. The van der Waals surface area contributed by atoms with Gasteiger partial charge in [0.1, 0.15) is 22.4 Å². The largest absolute Gasteiger partial charge is 0.506 e. The quantitative estimate of drug-likeness (QED) is 0.159. The molecule has 0 unspecified atom stereocenters. The minimum absolute atomic E-state index is 0.0344. The van der Waals surface area contributed by atoms with Crippen molar-refractivity contribution in [3.8, 4) is 5.75 Å². The molecule has 1 N–H and O–H groups in total. The first-order valence-corrected chi connectivity index (χ1v) is 20.1. The Labute approximate surface area is 338 Å². The maximum absolute atomic E-state index is 15.5. The van der Waals surface area contributed by atoms with Gasteiger partial charge in [0, 0.05) is 74.5 Å². The zero-order chi connectivity index (χ0) is 42.0. The molecule has 2 saturated heterocycles. The van der Waals surface area contributed by atoms with Gasteiger partial charge in [0.25, 0.3) is 11.8 Å². The first kappa shape index (κ1) is 43.0. The normalized spacial score (nSPS) is 21.7. The molecule has 2 fully saturated rings. The summed E-state index contributed by atoms with van der Waals surface area (Å²) in [4.78, 5) is 61.4. The number of pyridine rings is 1. The number of aromatic nitrogens is 1. The number of ether oxygens (including phenoxy) is 2. The maximum Gasteiger partial charge on any atom is 0.506 e. The highest BCUT2D eigenvalue weighted by Gasteiger charge is 2.57. The molecule has 0 saturated carbocycles. The fraction of sp³-hybridized carbons (Fsp3) is 0.513. The van der Waals surface area contributed by atoms with Crippen LogP contribution in [0.5, 0.6) is 5.75 Å². The summed E-state index contributed by atoms with van der Waals surface area (Å²) in [5.74, 6) is -2.34. The van der Waals surface area contributed by atoms with E-state index in [0.29, 0.717) is 47.6 Å². The molecule has 2 aromatic heterocycles. The van der Waals surface area contributed by atoms with Gasteiger partial charge >= 0.3 is 18.5 Å². The Bertz CT molecular complexity index is 2010. The van der Waals surface area contributed by atoms with E-state index in [1.165, 1.54) is 4.90 Å². The molecule has 3 aliphatic heterocycles. The molecule has 3 amide bonds. The van der Waals surface area contributed by atoms with Gasteiger partial charge in [-0.05, 0) is 61.1 Å². The van der Waals surface area contributed by atoms with Crippen molar-refractivity contribution in [3.05, 3.63) is 80.3 Å². The Morgan fingerprint density at radius 3 is 2.38 bits per heavy atom. The summed E-state index contributed by atoms with van der Waals surface area (Å²) in [5.41, 5.74) is -2.74. The van der Waals surface area contributed by atoms with Crippen LogP contribution in [0.2, 0.25) is 5.02 Å². The fourth-order valence-electron chi connectivity index (χ4n) is 8.34. The maximum atomic E-state index is 15.5. The zero-order valence-corrected chi connectivity index (χ0v) is 32.9. The van der Waals surface area contributed by atoms with Gasteiger partial charge in [0.2, 0.25) is 11.5 Å². The number of carbonyl (C=O) groups excluding carboxylic acids is 3. The van der Waals surface area contributed by atoms with Gasteiger partial charge in [-0.1, -0.05) is 31.0 Å². The summed E-state index contributed by atoms with van der Waals surface area (Å²) in [6.45, 7) is 2.23. The molecule has 0 radical (unpaired) electrons. The molecule has 11 nitrogen and oxygen atoms in total. The number of hydrogen-bond acceptors (Lipinski definition) is 8. The van der Waals surface area contributed by atoms with Crippen molar-refractivity contribution in [3.63, 3.8) is 0 Å². The van der Waals surface area contributed by atoms with Crippen LogP contribution >= 0.6 is 22.9 Å². The van der Waals surface area contributed by atoms with Crippen LogP contribution < -0.4 is 4.74 Å². The van der Waals surface area contributed by atoms with Gasteiger partial charge in [-0.25, -0.2) is 4.79 Å². The number of halogens is 7. The van der Waals surface area contributed by atoms with Crippen molar-refractivity contribution in [2.75, 3.05) is 26.2 Å². The predicted molar refractivity (Wildman–Crippen MR) is 198 cm³/mol. The molecule has 19 heteroatoms. The van der Waals surface area contributed by atoms with Crippen LogP contribution in [0.1, 0.15) is 96.4 Å². The van der Waals surface area contributed by atoms with Crippen LogP contribution in [0.25, 0.3) is 0 Å².